The van der Waals surface area contributed by atoms with E-state index < -0.39 is 17.8 Å². The molecule has 1 heterocycles. The summed E-state index contributed by atoms with van der Waals surface area (Å²) in [6.45, 7) is 0.708. The fraction of sp³-hybridized carbons (Fsp3) is 0.750. The lowest BCUT2D eigenvalue weighted by molar-refractivity contribution is -0.197. The summed E-state index contributed by atoms with van der Waals surface area (Å²) < 4.78 is 0. The Morgan fingerprint density at radius 2 is 1.70 bits per heavy atom. The van der Waals surface area contributed by atoms with Gasteiger partial charge in [-0.05, 0) is 25.2 Å². The number of carbonyl (C=O) groups is 4. The third-order valence-electron chi connectivity index (χ3n) is 4.30. The van der Waals surface area contributed by atoms with E-state index in [1.807, 2.05) is 0 Å². The van der Waals surface area contributed by atoms with Crippen molar-refractivity contribution in [2.24, 2.45) is 5.92 Å². The van der Waals surface area contributed by atoms with Gasteiger partial charge in [-0.3, -0.25) is 14.4 Å². The molecule has 23 heavy (non-hydrogen) atoms. The van der Waals surface area contributed by atoms with Crippen LogP contribution in [0.2, 0.25) is 0 Å². The van der Waals surface area contributed by atoms with E-state index in [0.717, 1.165) is 0 Å². The number of imide groups is 1. The van der Waals surface area contributed by atoms with E-state index in [0.29, 0.717) is 23.9 Å². The highest BCUT2D eigenvalue weighted by atomic mass is 16.7. The molecule has 2 aliphatic rings. The van der Waals surface area contributed by atoms with Gasteiger partial charge in [-0.15, -0.1) is 5.06 Å². The van der Waals surface area contributed by atoms with E-state index >= 15 is 0 Å². The van der Waals surface area contributed by atoms with Crippen molar-refractivity contribution in [2.45, 2.75) is 64.2 Å². The van der Waals surface area contributed by atoms with Crippen molar-refractivity contribution in [2.75, 3.05) is 6.54 Å². The zero-order chi connectivity index (χ0) is 16.7. The highest BCUT2D eigenvalue weighted by Gasteiger charge is 2.32. The first-order valence-corrected chi connectivity index (χ1v) is 8.39. The standard InChI is InChI=1S/C16H24N2O5/c19-13(17-11-12-5-2-1-3-6-12)7-4-8-16(22)23-18-14(20)9-10-15(18)21/h12H,1-11H2,(H,17,19). The molecule has 1 saturated heterocycles. The molecule has 0 aromatic heterocycles. The predicted octanol–water partition coefficient (Wildman–Crippen LogP) is 1.46. The minimum absolute atomic E-state index is 0.00785. The normalized spacial score (nSPS) is 19.0. The first-order chi connectivity index (χ1) is 11.1. The van der Waals surface area contributed by atoms with Gasteiger partial charge >= 0.3 is 5.97 Å². The molecule has 1 saturated carbocycles. The summed E-state index contributed by atoms with van der Waals surface area (Å²) in [6, 6.07) is 0. The van der Waals surface area contributed by atoms with E-state index in [-0.39, 0.29) is 31.6 Å². The molecule has 0 spiro atoms. The van der Waals surface area contributed by atoms with Gasteiger partial charge in [0.1, 0.15) is 0 Å². The number of hydroxylamine groups is 2. The molecule has 1 N–H and O–H groups in total. The highest BCUT2D eigenvalue weighted by Crippen LogP contribution is 2.22. The molecule has 0 unspecified atom stereocenters. The Bertz CT molecular complexity index is 455. The third-order valence-corrected chi connectivity index (χ3v) is 4.30. The Kier molecular flexibility index (Phi) is 6.55. The molecule has 0 aromatic rings. The maximum absolute atomic E-state index is 11.7. The maximum Gasteiger partial charge on any atom is 0.333 e. The van der Waals surface area contributed by atoms with Crippen LogP contribution >= 0.6 is 0 Å². The van der Waals surface area contributed by atoms with Crippen LogP contribution < -0.4 is 5.32 Å². The lowest BCUT2D eigenvalue weighted by Crippen LogP contribution is -2.32. The van der Waals surface area contributed by atoms with Crippen molar-refractivity contribution >= 4 is 23.7 Å². The summed E-state index contributed by atoms with van der Waals surface area (Å²) >= 11 is 0. The second kappa shape index (κ2) is 8.64. The van der Waals surface area contributed by atoms with Crippen LogP contribution in [0.15, 0.2) is 0 Å². The molecule has 7 heteroatoms. The summed E-state index contributed by atoms with van der Waals surface area (Å²) in [5.41, 5.74) is 0. The monoisotopic (exact) mass is 324 g/mol. The van der Waals surface area contributed by atoms with E-state index in [4.69, 9.17) is 4.84 Å². The molecule has 7 nitrogen and oxygen atoms in total. The van der Waals surface area contributed by atoms with Gasteiger partial charge in [0, 0.05) is 32.2 Å². The van der Waals surface area contributed by atoms with Crippen molar-refractivity contribution in [1.82, 2.24) is 10.4 Å². The molecule has 2 rings (SSSR count). The molecule has 2 fully saturated rings. The molecule has 1 aliphatic heterocycles. The van der Waals surface area contributed by atoms with Crippen molar-refractivity contribution in [1.29, 1.82) is 0 Å². The van der Waals surface area contributed by atoms with E-state index in [9.17, 15) is 19.2 Å². The average Bonchev–Trinajstić information content (AvgIpc) is 2.86. The van der Waals surface area contributed by atoms with Gasteiger partial charge in [0.25, 0.3) is 11.8 Å². The molecule has 0 bridgehead atoms. The van der Waals surface area contributed by atoms with Gasteiger partial charge in [-0.25, -0.2) is 4.79 Å². The largest absolute Gasteiger partial charge is 0.356 e. The number of rotatable bonds is 7. The van der Waals surface area contributed by atoms with E-state index in [1.54, 1.807) is 0 Å². The van der Waals surface area contributed by atoms with E-state index in [2.05, 4.69) is 5.32 Å². The Morgan fingerprint density at radius 1 is 1.04 bits per heavy atom. The maximum atomic E-state index is 11.7. The Balaban J connectivity index is 1.56. The Morgan fingerprint density at radius 3 is 2.35 bits per heavy atom. The number of hydrogen-bond donors (Lipinski definition) is 1. The zero-order valence-electron chi connectivity index (χ0n) is 13.3. The second-order valence-electron chi connectivity index (χ2n) is 6.21. The van der Waals surface area contributed by atoms with Crippen molar-refractivity contribution in [3.8, 4) is 0 Å². The molecule has 128 valence electrons. The van der Waals surface area contributed by atoms with Crippen molar-refractivity contribution in [3.63, 3.8) is 0 Å². The van der Waals surface area contributed by atoms with Gasteiger partial charge < -0.3 is 10.2 Å². The van der Waals surface area contributed by atoms with Crippen LogP contribution in [0.25, 0.3) is 0 Å². The Labute approximate surface area is 135 Å². The molecule has 0 aromatic carbocycles. The number of carbonyl (C=O) groups excluding carboxylic acids is 4. The Hall–Kier alpha value is -1.92. The van der Waals surface area contributed by atoms with Crippen LogP contribution in [0.3, 0.4) is 0 Å². The van der Waals surface area contributed by atoms with E-state index in [1.165, 1.54) is 32.1 Å². The van der Waals surface area contributed by atoms with Crippen LogP contribution in [0.1, 0.15) is 64.2 Å². The van der Waals surface area contributed by atoms with Crippen LogP contribution in [-0.2, 0) is 24.0 Å². The molecular weight excluding hydrogens is 300 g/mol. The first-order valence-electron chi connectivity index (χ1n) is 8.39. The van der Waals surface area contributed by atoms with Crippen LogP contribution in [0.4, 0.5) is 0 Å². The SMILES string of the molecule is O=C(CCCC(=O)ON1C(=O)CCC1=O)NCC1CCCCC1. The molecule has 0 radical (unpaired) electrons. The summed E-state index contributed by atoms with van der Waals surface area (Å²) in [5, 5.41) is 3.44. The van der Waals surface area contributed by atoms with Crippen molar-refractivity contribution < 1.29 is 24.0 Å². The molecular formula is C16H24N2O5. The molecule has 3 amide bonds. The molecule has 0 atom stereocenters. The first kappa shape index (κ1) is 17.4. The predicted molar refractivity (Wildman–Crippen MR) is 80.6 cm³/mol. The van der Waals surface area contributed by atoms with Gasteiger partial charge in [0.2, 0.25) is 5.91 Å². The minimum Gasteiger partial charge on any atom is -0.356 e. The van der Waals surface area contributed by atoms with Crippen LogP contribution in [-0.4, -0.2) is 35.3 Å². The number of hydrogen-bond acceptors (Lipinski definition) is 5. The number of amides is 3. The van der Waals surface area contributed by atoms with Crippen molar-refractivity contribution in [3.05, 3.63) is 0 Å². The summed E-state index contributed by atoms with van der Waals surface area (Å²) in [6.07, 6.45) is 6.85. The second-order valence-corrected chi connectivity index (χ2v) is 6.21. The number of nitrogens with one attached hydrogen (secondary N) is 1. The smallest absolute Gasteiger partial charge is 0.333 e. The topological polar surface area (TPSA) is 92.8 Å². The average molecular weight is 324 g/mol. The quantitative estimate of drug-likeness (QED) is 0.716. The lowest BCUT2D eigenvalue weighted by atomic mass is 9.89. The molecule has 1 aliphatic carbocycles. The van der Waals surface area contributed by atoms with Crippen LogP contribution in [0.5, 0.6) is 0 Å². The summed E-state index contributed by atoms with van der Waals surface area (Å²) in [4.78, 5) is 50.7. The highest BCUT2D eigenvalue weighted by molar-refractivity contribution is 6.01. The summed E-state index contributed by atoms with van der Waals surface area (Å²) in [7, 11) is 0. The minimum atomic E-state index is -0.659. The zero-order valence-corrected chi connectivity index (χ0v) is 13.3. The van der Waals surface area contributed by atoms with Gasteiger partial charge in [-0.2, -0.15) is 0 Å². The number of nitrogens with zero attached hydrogens (tertiary/aromatic N) is 1. The van der Waals surface area contributed by atoms with Gasteiger partial charge in [0.15, 0.2) is 0 Å². The fourth-order valence-electron chi connectivity index (χ4n) is 2.94. The summed E-state index contributed by atoms with van der Waals surface area (Å²) in [5.74, 6) is -1.14. The van der Waals surface area contributed by atoms with Crippen LogP contribution in [0, 0.1) is 5.92 Å². The lowest BCUT2D eigenvalue weighted by Gasteiger charge is -2.21. The fourth-order valence-corrected chi connectivity index (χ4v) is 2.94. The third kappa shape index (κ3) is 5.65. The van der Waals surface area contributed by atoms with Gasteiger partial charge in [0.05, 0.1) is 0 Å². The van der Waals surface area contributed by atoms with Gasteiger partial charge in [-0.1, -0.05) is 19.3 Å².